The molecule has 4 nitrogen and oxygen atoms in total. The fraction of sp³-hybridized carbons (Fsp3) is 0. The molecule has 2 heterocycles. The lowest BCUT2D eigenvalue weighted by atomic mass is 9.97. The second kappa shape index (κ2) is 18.0. The highest BCUT2D eigenvalue weighted by Gasteiger charge is 2.23. The van der Waals surface area contributed by atoms with Crippen molar-refractivity contribution < 1.29 is 8.83 Å². The molecule has 19 rings (SSSR count). The molecule has 0 atom stereocenters. The van der Waals surface area contributed by atoms with Gasteiger partial charge in [-0.15, -0.1) is 0 Å². The van der Waals surface area contributed by atoms with Crippen LogP contribution in [0.4, 0.5) is 34.1 Å². The topological polar surface area (TPSA) is 32.8 Å². The van der Waals surface area contributed by atoms with Crippen molar-refractivity contribution in [2.45, 2.75) is 0 Å². The van der Waals surface area contributed by atoms with E-state index in [9.17, 15) is 0 Å². The van der Waals surface area contributed by atoms with Crippen LogP contribution in [0, 0.1) is 0 Å². The van der Waals surface area contributed by atoms with Gasteiger partial charge in [-0.25, -0.2) is 0 Å². The lowest BCUT2D eigenvalue weighted by Crippen LogP contribution is -2.11. The lowest BCUT2D eigenvalue weighted by molar-refractivity contribution is 0.656. The Labute approximate surface area is 492 Å². The number of anilines is 6. The van der Waals surface area contributed by atoms with Crippen molar-refractivity contribution in [3.63, 3.8) is 0 Å². The molecule has 19 aromatic rings. The molecular weight excluding hydrogens is 1040 g/mol. The normalized spacial score (nSPS) is 12.2. The minimum atomic E-state index is 0.794. The summed E-state index contributed by atoms with van der Waals surface area (Å²) in [5.41, 5.74) is 9.86. The quantitative estimate of drug-likeness (QED) is 0.155. The average Bonchev–Trinajstić information content (AvgIpc) is 3.00. The van der Waals surface area contributed by atoms with Crippen LogP contribution in [0.5, 0.6) is 0 Å². The Morgan fingerprint density at radius 1 is 0.163 bits per heavy atom. The Hall–Kier alpha value is -11.5. The number of hydrogen-bond donors (Lipinski definition) is 0. The Balaban J connectivity index is 0.745. The van der Waals surface area contributed by atoms with E-state index in [2.05, 4.69) is 301 Å². The number of hydrogen-bond acceptors (Lipinski definition) is 4. The molecule has 0 bridgehead atoms. The molecule has 0 fully saturated rings. The molecular formula is C82H48N2O2. The minimum Gasteiger partial charge on any atom is -0.456 e. The number of furan rings is 2. The highest BCUT2D eigenvalue weighted by molar-refractivity contribution is 6.22. The van der Waals surface area contributed by atoms with Crippen LogP contribution in [0.3, 0.4) is 0 Å². The third-order valence-electron chi connectivity index (χ3n) is 18.5. The van der Waals surface area contributed by atoms with Crippen molar-refractivity contribution in [1.29, 1.82) is 0 Å². The molecule has 86 heavy (non-hydrogen) atoms. The number of fused-ring (bicyclic) bond motifs is 20. The summed E-state index contributed by atoms with van der Waals surface area (Å²) in [4.78, 5) is 4.91. The summed E-state index contributed by atoms with van der Waals surface area (Å²) in [6.07, 6.45) is 0. The van der Waals surface area contributed by atoms with Gasteiger partial charge in [0.25, 0.3) is 0 Å². The van der Waals surface area contributed by atoms with Crippen LogP contribution in [0.1, 0.15) is 0 Å². The van der Waals surface area contributed by atoms with Crippen LogP contribution in [0.2, 0.25) is 0 Å². The van der Waals surface area contributed by atoms with Gasteiger partial charge in [-0.3, -0.25) is 0 Å². The highest BCUT2D eigenvalue weighted by Crippen LogP contribution is 2.49. The van der Waals surface area contributed by atoms with Crippen LogP contribution < -0.4 is 9.80 Å². The Bertz CT molecular complexity index is 5520. The van der Waals surface area contributed by atoms with Gasteiger partial charge in [-0.05, 0) is 165 Å². The predicted octanol–water partition coefficient (Wildman–Crippen LogP) is 24.0. The monoisotopic (exact) mass is 1090 g/mol. The molecule has 2 aromatic heterocycles. The molecule has 17 aromatic carbocycles. The van der Waals surface area contributed by atoms with Crippen molar-refractivity contribution >= 4 is 186 Å². The van der Waals surface area contributed by atoms with Gasteiger partial charge < -0.3 is 18.6 Å². The molecule has 0 unspecified atom stereocenters. The van der Waals surface area contributed by atoms with Gasteiger partial charge in [-0.2, -0.15) is 0 Å². The van der Waals surface area contributed by atoms with Gasteiger partial charge in [0.1, 0.15) is 22.3 Å². The van der Waals surface area contributed by atoms with Gasteiger partial charge in [0.05, 0.1) is 22.7 Å². The summed E-state index contributed by atoms with van der Waals surface area (Å²) in [6.45, 7) is 0. The zero-order valence-corrected chi connectivity index (χ0v) is 46.4. The third kappa shape index (κ3) is 6.99. The molecule has 0 saturated heterocycles. The fourth-order valence-electron chi connectivity index (χ4n) is 14.5. The van der Waals surface area contributed by atoms with Crippen LogP contribution in [-0.4, -0.2) is 0 Å². The van der Waals surface area contributed by atoms with E-state index in [0.717, 1.165) is 99.5 Å². The van der Waals surface area contributed by atoms with E-state index < -0.39 is 0 Å². The van der Waals surface area contributed by atoms with Crippen molar-refractivity contribution in [2.75, 3.05) is 9.80 Å². The van der Waals surface area contributed by atoms with E-state index in [1.54, 1.807) is 0 Å². The first kappa shape index (κ1) is 47.1. The summed E-state index contributed by atoms with van der Waals surface area (Å²) < 4.78 is 13.7. The largest absolute Gasteiger partial charge is 0.456 e. The maximum atomic E-state index is 6.86. The first-order valence-corrected chi connectivity index (χ1v) is 29.5. The van der Waals surface area contributed by atoms with Crippen LogP contribution >= 0.6 is 0 Å². The Morgan fingerprint density at radius 3 is 0.802 bits per heavy atom. The summed E-state index contributed by atoms with van der Waals surface area (Å²) >= 11 is 0. The first-order chi connectivity index (χ1) is 42.6. The number of rotatable bonds is 6. The third-order valence-corrected chi connectivity index (χ3v) is 18.5. The fourth-order valence-corrected chi connectivity index (χ4v) is 14.5. The van der Waals surface area contributed by atoms with E-state index in [0.29, 0.717) is 0 Å². The molecule has 0 spiro atoms. The smallest absolute Gasteiger partial charge is 0.139 e. The number of nitrogens with zero attached hydrogens (tertiary/aromatic N) is 2. The second-order valence-corrected chi connectivity index (χ2v) is 23.1. The van der Waals surface area contributed by atoms with Crippen molar-refractivity contribution in [1.82, 2.24) is 0 Å². The van der Waals surface area contributed by atoms with E-state index in [1.165, 1.54) is 86.2 Å². The molecule has 0 saturated carbocycles. The van der Waals surface area contributed by atoms with Crippen molar-refractivity contribution in [3.8, 4) is 0 Å². The Morgan fingerprint density at radius 2 is 0.453 bits per heavy atom. The number of benzene rings is 17. The molecule has 0 aliphatic heterocycles. The molecule has 0 aliphatic rings. The van der Waals surface area contributed by atoms with Gasteiger partial charge >= 0.3 is 0 Å². The summed E-state index contributed by atoms with van der Waals surface area (Å²) in [7, 11) is 0. The molecule has 398 valence electrons. The van der Waals surface area contributed by atoms with E-state index in [1.807, 2.05) is 0 Å². The maximum Gasteiger partial charge on any atom is 0.139 e. The summed E-state index contributed by atoms with van der Waals surface area (Å²) in [5, 5.41) is 28.3. The van der Waals surface area contributed by atoms with Gasteiger partial charge in [0, 0.05) is 60.5 Å². The van der Waals surface area contributed by atoms with Crippen molar-refractivity contribution in [3.05, 3.63) is 291 Å². The standard InChI is InChI=1S/C82H48N2O2/c1-5-17-59-49(13-1)31-37-67-63(59)21-9-25-75(67)83(76-26-10-22-64-60-18-6-2-14-50(60)32-38-68(64)76)57-35-29-53-43-71-73-47-74-72-44-54-30-36-58(42-56(54)46-80(72)86-82(74)48-81(73)85-79(71)45-55(53)41-57)84(77-27-11-23-65-61-19-7-3-15-51(61)33-39-69(65)77)78-28-12-24-66-62-20-8-4-16-52(62)34-40-70(66)78/h1-48H. The van der Waals surface area contributed by atoms with Gasteiger partial charge in [0.2, 0.25) is 0 Å². The highest BCUT2D eigenvalue weighted by atomic mass is 16.3. The molecule has 0 radical (unpaired) electrons. The second-order valence-electron chi connectivity index (χ2n) is 23.1. The summed E-state index contributed by atoms with van der Waals surface area (Å²) in [6, 6.07) is 107. The molecule has 0 aliphatic carbocycles. The first-order valence-electron chi connectivity index (χ1n) is 29.5. The van der Waals surface area contributed by atoms with E-state index in [4.69, 9.17) is 8.83 Å². The van der Waals surface area contributed by atoms with Gasteiger partial charge in [0.15, 0.2) is 0 Å². The average molecular weight is 1090 g/mol. The zero-order valence-electron chi connectivity index (χ0n) is 46.4. The predicted molar refractivity (Wildman–Crippen MR) is 365 cm³/mol. The molecule has 0 amide bonds. The van der Waals surface area contributed by atoms with Crippen LogP contribution in [0.25, 0.3) is 152 Å². The molecule has 0 N–H and O–H groups in total. The lowest BCUT2D eigenvalue weighted by Gasteiger charge is -2.29. The minimum absolute atomic E-state index is 0.794. The van der Waals surface area contributed by atoms with Crippen LogP contribution in [0.15, 0.2) is 300 Å². The van der Waals surface area contributed by atoms with E-state index >= 15 is 0 Å². The zero-order chi connectivity index (χ0) is 56.1. The SMILES string of the molecule is c1ccc2c(c1)ccc1c(N(c3ccc4cc5c(cc4c3)oc3cc4oc6cc7cc(N(c8cccc9c8ccc8ccccc89)c8cccc9c8ccc8ccccc89)ccc7cc6c4cc35)c3cccc4c3ccc3ccccc34)cccc12. The summed E-state index contributed by atoms with van der Waals surface area (Å²) in [5.74, 6) is 0. The Kier molecular flexibility index (Phi) is 9.86. The van der Waals surface area contributed by atoms with E-state index in [-0.39, 0.29) is 0 Å². The van der Waals surface area contributed by atoms with Crippen molar-refractivity contribution in [2.24, 2.45) is 0 Å². The maximum absolute atomic E-state index is 6.86. The van der Waals surface area contributed by atoms with Gasteiger partial charge in [-0.1, -0.05) is 206 Å². The molecule has 4 heteroatoms. The van der Waals surface area contributed by atoms with Crippen LogP contribution in [-0.2, 0) is 0 Å².